The van der Waals surface area contributed by atoms with Crippen LogP contribution in [0.2, 0.25) is 0 Å². The van der Waals surface area contributed by atoms with Gasteiger partial charge in [-0.15, -0.1) is 0 Å². The summed E-state index contributed by atoms with van der Waals surface area (Å²) in [5.74, 6) is 0.718. The van der Waals surface area contributed by atoms with E-state index in [9.17, 15) is 9.59 Å². The number of carbonyl (C=O) groups excluding carboxylic acids is 1. The van der Waals surface area contributed by atoms with E-state index in [1.54, 1.807) is 14.0 Å². The SMILES string of the molecule is CCCn1c(CNC(=O)c2c(C)oc3ncn(CCOC)c(=O)c23)nc2ccccc21. The average molecular weight is 423 g/mol. The molecule has 1 amide bonds. The van der Waals surface area contributed by atoms with Crippen molar-refractivity contribution >= 4 is 28.0 Å². The largest absolute Gasteiger partial charge is 0.442 e. The highest BCUT2D eigenvalue weighted by molar-refractivity contribution is 6.06. The Bertz CT molecular complexity index is 1300. The molecule has 31 heavy (non-hydrogen) atoms. The first-order valence-corrected chi connectivity index (χ1v) is 10.2. The number of rotatable bonds is 8. The molecule has 0 fully saturated rings. The highest BCUT2D eigenvalue weighted by Gasteiger charge is 2.23. The lowest BCUT2D eigenvalue weighted by Crippen LogP contribution is -2.28. The maximum atomic E-state index is 13.1. The van der Waals surface area contributed by atoms with Gasteiger partial charge < -0.3 is 19.0 Å². The Morgan fingerprint density at radius 1 is 1.26 bits per heavy atom. The second-order valence-electron chi connectivity index (χ2n) is 7.30. The molecule has 0 saturated heterocycles. The van der Waals surface area contributed by atoms with Crippen LogP contribution in [0.5, 0.6) is 0 Å². The summed E-state index contributed by atoms with van der Waals surface area (Å²) in [5, 5.41) is 3.08. The van der Waals surface area contributed by atoms with Gasteiger partial charge in [0, 0.05) is 13.7 Å². The smallest absolute Gasteiger partial charge is 0.265 e. The van der Waals surface area contributed by atoms with Crippen molar-refractivity contribution < 1.29 is 13.9 Å². The number of furan rings is 1. The van der Waals surface area contributed by atoms with Crippen molar-refractivity contribution in [2.45, 2.75) is 39.9 Å². The summed E-state index contributed by atoms with van der Waals surface area (Å²) >= 11 is 0. The fraction of sp³-hybridized carbons (Fsp3) is 0.364. The number of amides is 1. The standard InChI is InChI=1S/C22H25N5O4/c1-4-9-27-16-8-6-5-7-15(16)25-17(27)12-23-20(28)18-14(2)31-21-19(18)22(29)26(13-24-21)10-11-30-3/h5-8,13H,4,9-12H2,1-3H3,(H,23,28). The Morgan fingerprint density at radius 3 is 2.84 bits per heavy atom. The lowest BCUT2D eigenvalue weighted by atomic mass is 10.2. The molecule has 0 atom stereocenters. The van der Waals surface area contributed by atoms with E-state index in [4.69, 9.17) is 9.15 Å². The van der Waals surface area contributed by atoms with Crippen LogP contribution in [0.1, 0.15) is 35.3 Å². The second-order valence-corrected chi connectivity index (χ2v) is 7.30. The highest BCUT2D eigenvalue weighted by atomic mass is 16.5. The van der Waals surface area contributed by atoms with Gasteiger partial charge in [-0.3, -0.25) is 14.2 Å². The summed E-state index contributed by atoms with van der Waals surface area (Å²) in [5.41, 5.74) is 1.94. The number of carbonyl (C=O) groups is 1. The monoisotopic (exact) mass is 423 g/mol. The Hall–Kier alpha value is -3.46. The van der Waals surface area contributed by atoms with Crippen LogP contribution in [0.25, 0.3) is 22.1 Å². The van der Waals surface area contributed by atoms with E-state index in [1.165, 1.54) is 10.9 Å². The molecule has 0 aliphatic rings. The van der Waals surface area contributed by atoms with Crippen molar-refractivity contribution in [2.24, 2.45) is 0 Å². The minimum absolute atomic E-state index is 0.152. The molecule has 9 heteroatoms. The van der Waals surface area contributed by atoms with E-state index in [-0.39, 0.29) is 28.8 Å². The average Bonchev–Trinajstić information content (AvgIpc) is 3.29. The topological polar surface area (TPSA) is 104 Å². The number of nitrogens with one attached hydrogen (secondary N) is 1. The molecule has 0 unspecified atom stereocenters. The fourth-order valence-electron chi connectivity index (χ4n) is 3.74. The van der Waals surface area contributed by atoms with E-state index in [0.717, 1.165) is 29.8 Å². The Kier molecular flexibility index (Phi) is 5.85. The van der Waals surface area contributed by atoms with E-state index in [2.05, 4.69) is 26.8 Å². The maximum absolute atomic E-state index is 13.1. The molecular formula is C22H25N5O4. The zero-order chi connectivity index (χ0) is 22.0. The number of para-hydroxylation sites is 2. The first-order chi connectivity index (χ1) is 15.0. The zero-order valence-corrected chi connectivity index (χ0v) is 17.8. The van der Waals surface area contributed by atoms with Crippen LogP contribution in [0.15, 0.2) is 39.8 Å². The summed E-state index contributed by atoms with van der Waals surface area (Å²) in [6.07, 6.45) is 2.35. The number of fused-ring (bicyclic) bond motifs is 2. The zero-order valence-electron chi connectivity index (χ0n) is 17.8. The van der Waals surface area contributed by atoms with E-state index in [1.807, 2.05) is 24.3 Å². The number of imidazole rings is 1. The van der Waals surface area contributed by atoms with Crippen LogP contribution in [0.3, 0.4) is 0 Å². The van der Waals surface area contributed by atoms with Crippen molar-refractivity contribution in [3.63, 3.8) is 0 Å². The Balaban J connectivity index is 1.65. The highest BCUT2D eigenvalue weighted by Crippen LogP contribution is 2.21. The number of ether oxygens (including phenoxy) is 1. The second kappa shape index (κ2) is 8.73. The molecular weight excluding hydrogens is 398 g/mol. The third-order valence-corrected chi connectivity index (χ3v) is 5.21. The van der Waals surface area contributed by atoms with Gasteiger partial charge in [0.1, 0.15) is 23.3 Å². The van der Waals surface area contributed by atoms with Gasteiger partial charge in [-0.05, 0) is 25.5 Å². The molecule has 0 bridgehead atoms. The van der Waals surface area contributed by atoms with Crippen LogP contribution < -0.4 is 10.9 Å². The van der Waals surface area contributed by atoms with Gasteiger partial charge in [0.25, 0.3) is 11.5 Å². The van der Waals surface area contributed by atoms with Crippen molar-refractivity contribution in [3.05, 3.63) is 58.1 Å². The molecule has 0 radical (unpaired) electrons. The first kappa shape index (κ1) is 20.8. The molecule has 0 aliphatic heterocycles. The molecule has 4 rings (SSSR count). The number of aryl methyl sites for hydroxylation is 2. The first-order valence-electron chi connectivity index (χ1n) is 10.2. The van der Waals surface area contributed by atoms with Crippen molar-refractivity contribution in [2.75, 3.05) is 13.7 Å². The molecule has 1 aromatic carbocycles. The quantitative estimate of drug-likeness (QED) is 0.467. The molecule has 0 aliphatic carbocycles. The maximum Gasteiger partial charge on any atom is 0.265 e. The van der Waals surface area contributed by atoms with Crippen LogP contribution >= 0.6 is 0 Å². The fourth-order valence-corrected chi connectivity index (χ4v) is 3.74. The molecule has 162 valence electrons. The third kappa shape index (κ3) is 3.84. The lowest BCUT2D eigenvalue weighted by molar-refractivity contribution is 0.0949. The number of aromatic nitrogens is 4. The molecule has 1 N–H and O–H groups in total. The summed E-state index contributed by atoms with van der Waals surface area (Å²) in [4.78, 5) is 34.8. The number of hydrogen-bond donors (Lipinski definition) is 1. The number of benzene rings is 1. The number of hydrogen-bond acceptors (Lipinski definition) is 6. The van der Waals surface area contributed by atoms with Gasteiger partial charge in [0.2, 0.25) is 5.71 Å². The lowest BCUT2D eigenvalue weighted by Gasteiger charge is -2.09. The molecule has 0 saturated carbocycles. The van der Waals surface area contributed by atoms with Crippen molar-refractivity contribution in [3.8, 4) is 0 Å². The van der Waals surface area contributed by atoms with Gasteiger partial charge in [-0.25, -0.2) is 9.97 Å². The predicted octanol–water partition coefficient (Wildman–Crippen LogP) is 2.63. The van der Waals surface area contributed by atoms with Gasteiger partial charge in [-0.2, -0.15) is 0 Å². The third-order valence-electron chi connectivity index (χ3n) is 5.21. The minimum atomic E-state index is -0.394. The number of nitrogens with zero attached hydrogens (tertiary/aromatic N) is 4. The summed E-state index contributed by atoms with van der Waals surface area (Å²) in [6, 6.07) is 7.89. The minimum Gasteiger partial charge on any atom is -0.442 e. The van der Waals surface area contributed by atoms with Crippen molar-refractivity contribution in [1.82, 2.24) is 24.4 Å². The summed E-state index contributed by atoms with van der Waals surface area (Å²) in [7, 11) is 1.56. The van der Waals surface area contributed by atoms with Gasteiger partial charge in [0.15, 0.2) is 0 Å². The van der Waals surface area contributed by atoms with E-state index < -0.39 is 5.91 Å². The number of methoxy groups -OCH3 is 1. The molecule has 3 aromatic heterocycles. The van der Waals surface area contributed by atoms with Gasteiger partial charge in [0.05, 0.1) is 36.3 Å². The summed E-state index contributed by atoms with van der Waals surface area (Å²) < 4.78 is 14.1. The van der Waals surface area contributed by atoms with Crippen LogP contribution in [0, 0.1) is 6.92 Å². The van der Waals surface area contributed by atoms with Crippen molar-refractivity contribution in [1.29, 1.82) is 0 Å². The van der Waals surface area contributed by atoms with Gasteiger partial charge in [-0.1, -0.05) is 19.1 Å². The Labute approximate surface area is 178 Å². The molecule has 3 heterocycles. The molecule has 0 spiro atoms. The predicted molar refractivity (Wildman–Crippen MR) is 116 cm³/mol. The van der Waals surface area contributed by atoms with E-state index in [0.29, 0.717) is 18.9 Å². The Morgan fingerprint density at radius 2 is 2.06 bits per heavy atom. The van der Waals surface area contributed by atoms with Crippen LogP contribution in [-0.2, 0) is 24.4 Å². The van der Waals surface area contributed by atoms with Crippen LogP contribution in [-0.4, -0.2) is 38.7 Å². The van der Waals surface area contributed by atoms with Crippen LogP contribution in [0.4, 0.5) is 0 Å². The normalized spacial score (nSPS) is 11.5. The summed E-state index contributed by atoms with van der Waals surface area (Å²) in [6.45, 7) is 5.48. The molecule has 9 nitrogen and oxygen atoms in total. The van der Waals surface area contributed by atoms with E-state index >= 15 is 0 Å². The van der Waals surface area contributed by atoms with Gasteiger partial charge >= 0.3 is 0 Å². The molecule has 4 aromatic rings.